The zero-order chi connectivity index (χ0) is 17.8. The van der Waals surface area contributed by atoms with E-state index in [0.717, 1.165) is 24.5 Å². The van der Waals surface area contributed by atoms with Crippen molar-refractivity contribution in [1.82, 2.24) is 9.88 Å². The lowest BCUT2D eigenvalue weighted by Gasteiger charge is -2.25. The maximum Gasteiger partial charge on any atom is 0.322 e. The molecular weight excluding hydrogens is 316 g/mol. The predicted octanol–water partition coefficient (Wildman–Crippen LogP) is 3.61. The number of phenolic OH excluding ortho intramolecular Hbond substituents is 1. The third kappa shape index (κ3) is 4.02. The Balaban J connectivity index is 1.62. The van der Waals surface area contributed by atoms with Gasteiger partial charge in [0.25, 0.3) is 0 Å². The highest BCUT2D eigenvalue weighted by atomic mass is 16.3. The summed E-state index contributed by atoms with van der Waals surface area (Å²) in [5, 5.41) is 12.5. The van der Waals surface area contributed by atoms with Crippen molar-refractivity contribution in [3.63, 3.8) is 0 Å². The molecule has 1 saturated heterocycles. The fourth-order valence-corrected chi connectivity index (χ4v) is 2.99. The van der Waals surface area contributed by atoms with Gasteiger partial charge in [0.15, 0.2) is 0 Å². The van der Waals surface area contributed by atoms with Gasteiger partial charge in [-0.3, -0.25) is 0 Å². The minimum atomic E-state index is -0.216. The van der Waals surface area contributed by atoms with Crippen molar-refractivity contribution in [3.05, 3.63) is 48.2 Å². The molecule has 0 radical (unpaired) electrons. The molecule has 2 heterocycles. The van der Waals surface area contributed by atoms with Crippen LogP contribution >= 0.6 is 0 Å². The highest BCUT2D eigenvalue weighted by Gasteiger charge is 2.18. The average Bonchev–Trinajstić information content (AvgIpc) is 3.15. The molecule has 132 valence electrons. The maximum absolute atomic E-state index is 12.5. The SMILES string of the molecule is C[C@H](c1cccc(O)c1)N(C)C(=O)Nc1ccc(N2CCCC2)nc1. The van der Waals surface area contributed by atoms with Crippen LogP contribution in [0.5, 0.6) is 5.75 Å². The summed E-state index contributed by atoms with van der Waals surface area (Å²) in [6, 6.07) is 10.4. The summed E-state index contributed by atoms with van der Waals surface area (Å²) in [4.78, 5) is 20.8. The van der Waals surface area contributed by atoms with Crippen LogP contribution in [0.3, 0.4) is 0 Å². The van der Waals surface area contributed by atoms with Gasteiger partial charge in [-0.1, -0.05) is 12.1 Å². The second-order valence-electron chi connectivity index (χ2n) is 6.41. The lowest BCUT2D eigenvalue weighted by molar-refractivity contribution is 0.208. The first-order chi connectivity index (χ1) is 12.0. The minimum absolute atomic E-state index is 0.163. The van der Waals surface area contributed by atoms with E-state index in [4.69, 9.17) is 0 Å². The van der Waals surface area contributed by atoms with Crippen LogP contribution in [0.1, 0.15) is 31.4 Å². The largest absolute Gasteiger partial charge is 0.508 e. The molecular formula is C19H24N4O2. The van der Waals surface area contributed by atoms with Crippen LogP contribution in [0.15, 0.2) is 42.6 Å². The standard InChI is InChI=1S/C19H24N4O2/c1-14(15-6-5-7-17(24)12-15)22(2)19(25)21-16-8-9-18(20-13-16)23-10-3-4-11-23/h5-9,12-14,24H,3-4,10-11H2,1-2H3,(H,21,25)/t14-/m1/s1. The van der Waals surface area contributed by atoms with E-state index in [2.05, 4.69) is 15.2 Å². The first-order valence-corrected chi connectivity index (χ1v) is 8.58. The van der Waals surface area contributed by atoms with Gasteiger partial charge in [-0.2, -0.15) is 0 Å². The van der Waals surface area contributed by atoms with Gasteiger partial charge in [0.05, 0.1) is 17.9 Å². The first kappa shape index (κ1) is 17.1. The van der Waals surface area contributed by atoms with Crippen LogP contribution in [0.25, 0.3) is 0 Å². The predicted molar refractivity (Wildman–Crippen MR) is 99.0 cm³/mol. The number of nitrogens with one attached hydrogen (secondary N) is 1. The van der Waals surface area contributed by atoms with E-state index in [1.807, 2.05) is 25.1 Å². The molecule has 0 spiro atoms. The zero-order valence-corrected chi connectivity index (χ0v) is 14.6. The van der Waals surface area contributed by atoms with Crippen molar-refractivity contribution in [3.8, 4) is 5.75 Å². The van der Waals surface area contributed by atoms with Crippen LogP contribution in [-0.2, 0) is 0 Å². The number of carbonyl (C=O) groups excluding carboxylic acids is 1. The van der Waals surface area contributed by atoms with E-state index < -0.39 is 0 Å². The number of carbonyl (C=O) groups is 1. The van der Waals surface area contributed by atoms with Crippen LogP contribution in [0, 0.1) is 0 Å². The number of pyridine rings is 1. The monoisotopic (exact) mass is 340 g/mol. The Hall–Kier alpha value is -2.76. The van der Waals surface area contributed by atoms with E-state index in [-0.39, 0.29) is 17.8 Å². The number of hydrogen-bond donors (Lipinski definition) is 2. The Bertz CT molecular complexity index is 726. The highest BCUT2D eigenvalue weighted by molar-refractivity contribution is 5.89. The molecule has 1 aromatic heterocycles. The van der Waals surface area contributed by atoms with E-state index >= 15 is 0 Å². The molecule has 0 saturated carbocycles. The number of aromatic nitrogens is 1. The van der Waals surface area contributed by atoms with Gasteiger partial charge in [0.2, 0.25) is 0 Å². The van der Waals surface area contributed by atoms with E-state index in [0.29, 0.717) is 5.69 Å². The van der Waals surface area contributed by atoms with Gasteiger partial charge in [0.1, 0.15) is 11.6 Å². The molecule has 0 unspecified atom stereocenters. The number of urea groups is 1. The van der Waals surface area contributed by atoms with Crippen LogP contribution in [-0.4, -0.2) is 41.2 Å². The fraction of sp³-hybridized carbons (Fsp3) is 0.368. The molecule has 1 aromatic carbocycles. The van der Waals surface area contributed by atoms with Crippen molar-refractivity contribution in [2.75, 3.05) is 30.4 Å². The molecule has 1 atom stereocenters. The number of phenols is 1. The van der Waals surface area contributed by atoms with Crippen LogP contribution in [0.4, 0.5) is 16.3 Å². The number of aromatic hydroxyl groups is 1. The van der Waals surface area contributed by atoms with Crippen LogP contribution < -0.4 is 10.2 Å². The summed E-state index contributed by atoms with van der Waals surface area (Å²) in [5.74, 6) is 1.15. The Morgan fingerprint density at radius 3 is 2.68 bits per heavy atom. The fourth-order valence-electron chi connectivity index (χ4n) is 2.99. The second kappa shape index (κ2) is 7.42. The normalized spacial score (nSPS) is 15.0. The first-order valence-electron chi connectivity index (χ1n) is 8.58. The summed E-state index contributed by atoms with van der Waals surface area (Å²) in [7, 11) is 1.73. The second-order valence-corrected chi connectivity index (χ2v) is 6.41. The molecule has 1 aliphatic rings. The third-order valence-corrected chi connectivity index (χ3v) is 4.68. The molecule has 6 heteroatoms. The van der Waals surface area contributed by atoms with Crippen molar-refractivity contribution >= 4 is 17.5 Å². The van der Waals surface area contributed by atoms with E-state index in [9.17, 15) is 9.90 Å². The van der Waals surface area contributed by atoms with Gasteiger partial charge >= 0.3 is 6.03 Å². The summed E-state index contributed by atoms with van der Waals surface area (Å²) in [6.45, 7) is 4.01. The quantitative estimate of drug-likeness (QED) is 0.892. The lowest BCUT2D eigenvalue weighted by atomic mass is 10.1. The highest BCUT2D eigenvalue weighted by Crippen LogP contribution is 2.23. The molecule has 0 aliphatic carbocycles. The van der Waals surface area contributed by atoms with Crippen LogP contribution in [0.2, 0.25) is 0 Å². The smallest absolute Gasteiger partial charge is 0.322 e. The third-order valence-electron chi connectivity index (χ3n) is 4.68. The molecule has 3 rings (SSSR count). The van der Waals surface area contributed by atoms with E-state index in [1.54, 1.807) is 36.3 Å². The molecule has 2 aromatic rings. The summed E-state index contributed by atoms with van der Waals surface area (Å²) >= 11 is 0. The van der Waals surface area contributed by atoms with Gasteiger partial charge in [-0.05, 0) is 49.6 Å². The number of rotatable bonds is 4. The zero-order valence-electron chi connectivity index (χ0n) is 14.6. The summed E-state index contributed by atoms with van der Waals surface area (Å²) < 4.78 is 0. The molecule has 0 bridgehead atoms. The molecule has 25 heavy (non-hydrogen) atoms. The van der Waals surface area contributed by atoms with Crippen molar-refractivity contribution in [1.29, 1.82) is 0 Å². The number of anilines is 2. The van der Waals surface area contributed by atoms with Gasteiger partial charge in [-0.15, -0.1) is 0 Å². The summed E-state index contributed by atoms with van der Waals surface area (Å²) in [5.41, 5.74) is 1.54. The molecule has 1 fully saturated rings. The lowest BCUT2D eigenvalue weighted by Crippen LogP contribution is -2.33. The topological polar surface area (TPSA) is 68.7 Å². The Kier molecular flexibility index (Phi) is 5.07. The minimum Gasteiger partial charge on any atom is -0.508 e. The molecule has 6 nitrogen and oxygen atoms in total. The summed E-state index contributed by atoms with van der Waals surface area (Å²) in [6.07, 6.45) is 4.11. The van der Waals surface area contributed by atoms with Crippen molar-refractivity contribution < 1.29 is 9.90 Å². The number of nitrogens with zero attached hydrogens (tertiary/aromatic N) is 3. The van der Waals surface area contributed by atoms with Gasteiger partial charge < -0.3 is 20.2 Å². The number of hydrogen-bond acceptors (Lipinski definition) is 4. The van der Waals surface area contributed by atoms with E-state index in [1.165, 1.54) is 12.8 Å². The molecule has 2 amide bonds. The molecule has 2 N–H and O–H groups in total. The Labute approximate surface area is 148 Å². The number of amides is 2. The van der Waals surface area contributed by atoms with Crippen molar-refractivity contribution in [2.24, 2.45) is 0 Å². The van der Waals surface area contributed by atoms with Crippen molar-refractivity contribution in [2.45, 2.75) is 25.8 Å². The van der Waals surface area contributed by atoms with Gasteiger partial charge in [-0.25, -0.2) is 9.78 Å². The Morgan fingerprint density at radius 2 is 2.04 bits per heavy atom. The molecule has 1 aliphatic heterocycles. The average molecular weight is 340 g/mol. The van der Waals surface area contributed by atoms with Gasteiger partial charge in [0, 0.05) is 20.1 Å². The number of benzene rings is 1. The maximum atomic E-state index is 12.5. The Morgan fingerprint density at radius 1 is 1.28 bits per heavy atom.